The van der Waals surface area contributed by atoms with Crippen molar-refractivity contribution < 1.29 is 9.53 Å². The summed E-state index contributed by atoms with van der Waals surface area (Å²) in [5.41, 5.74) is 1.75. The SMILES string of the molecule is COc1cccc(/C=C/c2nc3ccccc3c(=O)n2CC(=O)Nc2ccc(Cl)cc2)c1. The van der Waals surface area contributed by atoms with Gasteiger partial charge in [-0.05, 0) is 60.2 Å². The summed E-state index contributed by atoms with van der Waals surface area (Å²) in [5.74, 6) is 0.753. The van der Waals surface area contributed by atoms with E-state index in [1.165, 1.54) is 4.57 Å². The smallest absolute Gasteiger partial charge is 0.262 e. The molecular formula is C25H20ClN3O3. The summed E-state index contributed by atoms with van der Waals surface area (Å²) in [5, 5.41) is 3.80. The van der Waals surface area contributed by atoms with Crippen molar-refractivity contribution in [3.05, 3.63) is 99.6 Å². The van der Waals surface area contributed by atoms with Gasteiger partial charge in [-0.1, -0.05) is 41.9 Å². The number of benzene rings is 3. The highest BCUT2D eigenvalue weighted by molar-refractivity contribution is 6.30. The normalized spacial score (nSPS) is 11.1. The number of rotatable bonds is 6. The number of nitrogens with zero attached hydrogens (tertiary/aromatic N) is 2. The second-order valence-electron chi connectivity index (χ2n) is 7.04. The van der Waals surface area contributed by atoms with Crippen LogP contribution in [0, 0.1) is 0 Å². The Balaban J connectivity index is 1.70. The lowest BCUT2D eigenvalue weighted by molar-refractivity contribution is -0.116. The Morgan fingerprint density at radius 3 is 2.62 bits per heavy atom. The largest absolute Gasteiger partial charge is 0.497 e. The first-order valence-electron chi connectivity index (χ1n) is 9.90. The third-order valence-electron chi connectivity index (χ3n) is 4.84. The van der Waals surface area contributed by atoms with E-state index in [2.05, 4.69) is 10.3 Å². The van der Waals surface area contributed by atoms with Crippen LogP contribution in [-0.2, 0) is 11.3 Å². The van der Waals surface area contributed by atoms with Gasteiger partial charge in [0.2, 0.25) is 5.91 Å². The van der Waals surface area contributed by atoms with E-state index in [1.807, 2.05) is 36.4 Å². The van der Waals surface area contributed by atoms with Gasteiger partial charge in [-0.25, -0.2) is 4.98 Å². The Kier molecular flexibility index (Phi) is 6.33. The fraction of sp³-hybridized carbons (Fsp3) is 0.0800. The van der Waals surface area contributed by atoms with Gasteiger partial charge in [0.15, 0.2) is 0 Å². The van der Waals surface area contributed by atoms with Crippen LogP contribution in [0.3, 0.4) is 0 Å². The van der Waals surface area contributed by atoms with Gasteiger partial charge < -0.3 is 10.1 Å². The highest BCUT2D eigenvalue weighted by Gasteiger charge is 2.13. The topological polar surface area (TPSA) is 73.2 Å². The molecule has 0 atom stereocenters. The van der Waals surface area contributed by atoms with Gasteiger partial charge in [0.25, 0.3) is 5.56 Å². The summed E-state index contributed by atoms with van der Waals surface area (Å²) in [6.07, 6.45) is 3.55. The van der Waals surface area contributed by atoms with E-state index in [1.54, 1.807) is 55.7 Å². The number of amides is 1. The Labute approximate surface area is 189 Å². The van der Waals surface area contributed by atoms with E-state index in [0.717, 1.165) is 11.3 Å². The quantitative estimate of drug-likeness (QED) is 0.459. The molecule has 7 heteroatoms. The molecule has 6 nitrogen and oxygen atoms in total. The fourth-order valence-electron chi connectivity index (χ4n) is 3.26. The lowest BCUT2D eigenvalue weighted by Gasteiger charge is -2.12. The average Bonchev–Trinajstić information content (AvgIpc) is 2.81. The Bertz CT molecular complexity index is 1360. The van der Waals surface area contributed by atoms with Gasteiger partial charge in [0, 0.05) is 10.7 Å². The molecule has 4 aromatic rings. The lowest BCUT2D eigenvalue weighted by atomic mass is 10.2. The number of anilines is 1. The molecule has 0 spiro atoms. The van der Waals surface area contributed by atoms with Crippen LogP contribution in [0.1, 0.15) is 11.4 Å². The van der Waals surface area contributed by atoms with Crippen molar-refractivity contribution in [3.8, 4) is 5.75 Å². The number of ether oxygens (including phenoxy) is 1. The lowest BCUT2D eigenvalue weighted by Crippen LogP contribution is -2.30. The molecular weight excluding hydrogens is 426 g/mol. The summed E-state index contributed by atoms with van der Waals surface area (Å²) >= 11 is 5.90. The molecule has 0 aliphatic heterocycles. The number of carbonyl (C=O) groups is 1. The van der Waals surface area contributed by atoms with Gasteiger partial charge in [-0.2, -0.15) is 0 Å². The van der Waals surface area contributed by atoms with Gasteiger partial charge in [0.05, 0.1) is 18.0 Å². The van der Waals surface area contributed by atoms with Crippen LogP contribution in [0.15, 0.2) is 77.6 Å². The molecule has 0 fully saturated rings. The van der Waals surface area contributed by atoms with Crippen LogP contribution in [0.25, 0.3) is 23.1 Å². The number of halogens is 1. The second-order valence-corrected chi connectivity index (χ2v) is 7.48. The van der Waals surface area contributed by atoms with E-state index in [0.29, 0.717) is 27.4 Å². The predicted octanol–water partition coefficient (Wildman–Crippen LogP) is 4.87. The summed E-state index contributed by atoms with van der Waals surface area (Å²) in [7, 11) is 1.60. The molecule has 160 valence electrons. The molecule has 32 heavy (non-hydrogen) atoms. The minimum atomic E-state index is -0.345. The van der Waals surface area contributed by atoms with Crippen LogP contribution in [0.2, 0.25) is 5.02 Å². The van der Waals surface area contributed by atoms with Crippen LogP contribution in [0.5, 0.6) is 5.75 Å². The zero-order chi connectivity index (χ0) is 22.5. The van der Waals surface area contributed by atoms with Crippen molar-refractivity contribution in [1.82, 2.24) is 9.55 Å². The number of methoxy groups -OCH3 is 1. The van der Waals surface area contributed by atoms with Crippen molar-refractivity contribution in [1.29, 1.82) is 0 Å². The van der Waals surface area contributed by atoms with Crippen molar-refractivity contribution in [2.75, 3.05) is 12.4 Å². The molecule has 1 N–H and O–H groups in total. The molecule has 1 amide bonds. The fourth-order valence-corrected chi connectivity index (χ4v) is 3.38. The first-order chi connectivity index (χ1) is 15.5. The Morgan fingerprint density at radius 1 is 1.06 bits per heavy atom. The molecule has 0 saturated carbocycles. The minimum Gasteiger partial charge on any atom is -0.497 e. The monoisotopic (exact) mass is 445 g/mol. The molecule has 1 heterocycles. The number of carbonyl (C=O) groups excluding carboxylic acids is 1. The number of nitrogens with one attached hydrogen (secondary N) is 1. The molecule has 3 aromatic carbocycles. The molecule has 0 radical (unpaired) electrons. The van der Waals surface area contributed by atoms with Crippen molar-refractivity contribution in [2.45, 2.75) is 6.54 Å². The minimum absolute atomic E-state index is 0.183. The van der Waals surface area contributed by atoms with Crippen molar-refractivity contribution in [3.63, 3.8) is 0 Å². The van der Waals surface area contributed by atoms with Crippen molar-refractivity contribution in [2.24, 2.45) is 0 Å². The maximum atomic E-state index is 13.2. The van der Waals surface area contributed by atoms with Gasteiger partial charge >= 0.3 is 0 Å². The van der Waals surface area contributed by atoms with E-state index < -0.39 is 0 Å². The van der Waals surface area contributed by atoms with Crippen LogP contribution in [-0.4, -0.2) is 22.6 Å². The molecule has 0 unspecified atom stereocenters. The highest BCUT2D eigenvalue weighted by Crippen LogP contribution is 2.16. The second kappa shape index (κ2) is 9.49. The predicted molar refractivity (Wildman–Crippen MR) is 128 cm³/mol. The molecule has 4 rings (SSSR count). The zero-order valence-electron chi connectivity index (χ0n) is 17.3. The van der Waals surface area contributed by atoms with Gasteiger partial charge in [0.1, 0.15) is 18.1 Å². The zero-order valence-corrected chi connectivity index (χ0v) is 18.0. The Morgan fingerprint density at radius 2 is 1.84 bits per heavy atom. The van der Waals surface area contributed by atoms with E-state index in [4.69, 9.17) is 16.3 Å². The molecule has 0 saturated heterocycles. The molecule has 0 aliphatic carbocycles. The number of aromatic nitrogens is 2. The Hall–Kier alpha value is -3.90. The standard InChI is InChI=1S/C25H20ClN3O3/c1-32-20-6-4-5-17(15-20)9-14-23-28-22-8-3-2-7-21(22)25(31)29(23)16-24(30)27-19-12-10-18(26)11-13-19/h2-15H,16H2,1H3,(H,27,30)/b14-9+. The number of hydrogen-bond donors (Lipinski definition) is 1. The maximum absolute atomic E-state index is 13.2. The van der Waals surface area contributed by atoms with E-state index >= 15 is 0 Å². The summed E-state index contributed by atoms with van der Waals surface area (Å²) in [6, 6.07) is 21.3. The van der Waals surface area contributed by atoms with Crippen molar-refractivity contribution >= 4 is 46.3 Å². The maximum Gasteiger partial charge on any atom is 0.262 e. The first-order valence-corrected chi connectivity index (χ1v) is 10.3. The van der Waals surface area contributed by atoms with Crippen LogP contribution in [0.4, 0.5) is 5.69 Å². The van der Waals surface area contributed by atoms with Crippen LogP contribution < -0.4 is 15.6 Å². The highest BCUT2D eigenvalue weighted by atomic mass is 35.5. The number of hydrogen-bond acceptors (Lipinski definition) is 4. The summed E-state index contributed by atoms with van der Waals surface area (Å²) in [6.45, 7) is -0.183. The third kappa shape index (κ3) is 4.87. The third-order valence-corrected chi connectivity index (χ3v) is 5.09. The van der Waals surface area contributed by atoms with Gasteiger partial charge in [-0.3, -0.25) is 14.2 Å². The number of para-hydroxylation sites is 1. The first kappa shape index (κ1) is 21.3. The van der Waals surface area contributed by atoms with E-state index in [9.17, 15) is 9.59 Å². The number of fused-ring (bicyclic) bond motifs is 1. The average molecular weight is 446 g/mol. The van der Waals surface area contributed by atoms with E-state index in [-0.39, 0.29) is 18.0 Å². The summed E-state index contributed by atoms with van der Waals surface area (Å²) < 4.78 is 6.62. The van der Waals surface area contributed by atoms with Gasteiger partial charge in [-0.15, -0.1) is 0 Å². The summed E-state index contributed by atoms with van der Waals surface area (Å²) in [4.78, 5) is 30.5. The molecule has 0 bridgehead atoms. The van der Waals surface area contributed by atoms with Crippen LogP contribution >= 0.6 is 11.6 Å². The molecule has 0 aliphatic rings. The molecule has 1 aromatic heterocycles.